The van der Waals surface area contributed by atoms with Crippen LogP contribution >= 0.6 is 0 Å². The Balaban J connectivity index is 3.39. The van der Waals surface area contributed by atoms with Crippen molar-refractivity contribution in [1.82, 2.24) is 4.90 Å². The number of ether oxygens (including phenoxy) is 1. The molecule has 0 saturated heterocycles. The molecule has 0 bridgehead atoms. The van der Waals surface area contributed by atoms with Crippen LogP contribution in [-0.2, 0) is 4.74 Å². The molecule has 1 unspecified atom stereocenters. The first-order valence-electron chi connectivity index (χ1n) is 3.57. The van der Waals surface area contributed by atoms with Gasteiger partial charge in [0.2, 0.25) is 0 Å². The van der Waals surface area contributed by atoms with Crippen molar-refractivity contribution >= 4 is 0 Å². The summed E-state index contributed by atoms with van der Waals surface area (Å²) in [5.41, 5.74) is 0. The topological polar surface area (TPSA) is 32.7 Å². The standard InChI is InChI=1S/C7H17NO2/c1-4-10-7(6-9)5-8(2)3/h7,9H,4-6H2,1-3H3. The van der Waals surface area contributed by atoms with E-state index in [1.807, 2.05) is 25.9 Å². The van der Waals surface area contributed by atoms with Gasteiger partial charge in [-0.2, -0.15) is 0 Å². The summed E-state index contributed by atoms with van der Waals surface area (Å²) >= 11 is 0. The summed E-state index contributed by atoms with van der Waals surface area (Å²) in [6, 6.07) is 0. The monoisotopic (exact) mass is 147 g/mol. The first-order valence-corrected chi connectivity index (χ1v) is 3.57. The molecule has 0 amide bonds. The maximum absolute atomic E-state index is 8.75. The molecule has 0 aliphatic carbocycles. The molecule has 0 radical (unpaired) electrons. The summed E-state index contributed by atoms with van der Waals surface area (Å²) in [5, 5.41) is 8.75. The lowest BCUT2D eigenvalue weighted by molar-refractivity contribution is 0.00575. The second-order valence-corrected chi connectivity index (χ2v) is 2.52. The van der Waals surface area contributed by atoms with Gasteiger partial charge in [-0.3, -0.25) is 0 Å². The molecule has 0 spiro atoms. The molecule has 10 heavy (non-hydrogen) atoms. The van der Waals surface area contributed by atoms with Crippen LogP contribution in [0.3, 0.4) is 0 Å². The van der Waals surface area contributed by atoms with Crippen molar-refractivity contribution in [2.24, 2.45) is 0 Å². The van der Waals surface area contributed by atoms with Gasteiger partial charge in [-0.05, 0) is 21.0 Å². The molecule has 3 nitrogen and oxygen atoms in total. The second-order valence-electron chi connectivity index (χ2n) is 2.52. The zero-order chi connectivity index (χ0) is 7.98. The van der Waals surface area contributed by atoms with Crippen LogP contribution in [0.1, 0.15) is 6.92 Å². The molecule has 0 aromatic carbocycles. The summed E-state index contributed by atoms with van der Waals surface area (Å²) in [6.07, 6.45) is -0.0278. The van der Waals surface area contributed by atoms with Gasteiger partial charge in [-0.25, -0.2) is 0 Å². The SMILES string of the molecule is CCOC(CO)CN(C)C. The maximum Gasteiger partial charge on any atom is 0.0931 e. The van der Waals surface area contributed by atoms with Crippen molar-refractivity contribution in [3.63, 3.8) is 0 Å². The summed E-state index contributed by atoms with van der Waals surface area (Å²) in [4.78, 5) is 2.00. The van der Waals surface area contributed by atoms with Crippen LogP contribution in [0, 0.1) is 0 Å². The average molecular weight is 147 g/mol. The molecule has 0 saturated carbocycles. The molecule has 0 aliphatic rings. The molecular formula is C7H17NO2. The number of rotatable bonds is 5. The Morgan fingerprint density at radius 1 is 1.50 bits per heavy atom. The van der Waals surface area contributed by atoms with Crippen molar-refractivity contribution < 1.29 is 9.84 Å². The van der Waals surface area contributed by atoms with Gasteiger partial charge in [0.25, 0.3) is 0 Å². The molecule has 1 atom stereocenters. The number of hydrogen-bond acceptors (Lipinski definition) is 3. The lowest BCUT2D eigenvalue weighted by Crippen LogP contribution is -2.31. The third-order valence-electron chi connectivity index (χ3n) is 1.17. The van der Waals surface area contributed by atoms with Gasteiger partial charge < -0.3 is 14.7 Å². The average Bonchev–Trinajstić information content (AvgIpc) is 1.86. The third-order valence-corrected chi connectivity index (χ3v) is 1.17. The van der Waals surface area contributed by atoms with E-state index < -0.39 is 0 Å². The van der Waals surface area contributed by atoms with Crippen LogP contribution in [0.25, 0.3) is 0 Å². The molecule has 3 heteroatoms. The zero-order valence-electron chi connectivity index (χ0n) is 7.00. The summed E-state index contributed by atoms with van der Waals surface area (Å²) < 4.78 is 5.21. The van der Waals surface area contributed by atoms with E-state index in [1.54, 1.807) is 0 Å². The quantitative estimate of drug-likeness (QED) is 0.591. The highest BCUT2D eigenvalue weighted by molar-refractivity contribution is 4.58. The number of hydrogen-bond donors (Lipinski definition) is 1. The Morgan fingerprint density at radius 3 is 2.40 bits per heavy atom. The predicted octanol–water partition coefficient (Wildman–Crippen LogP) is -0.0546. The lowest BCUT2D eigenvalue weighted by atomic mass is 10.3. The summed E-state index contributed by atoms with van der Waals surface area (Å²) in [7, 11) is 3.92. The fraction of sp³-hybridized carbons (Fsp3) is 1.00. The van der Waals surface area contributed by atoms with Gasteiger partial charge >= 0.3 is 0 Å². The highest BCUT2D eigenvalue weighted by atomic mass is 16.5. The van der Waals surface area contributed by atoms with Crippen LogP contribution in [0.5, 0.6) is 0 Å². The van der Waals surface area contributed by atoms with E-state index in [2.05, 4.69) is 0 Å². The van der Waals surface area contributed by atoms with E-state index in [0.717, 1.165) is 6.54 Å². The molecule has 62 valence electrons. The van der Waals surface area contributed by atoms with Gasteiger partial charge in [0.05, 0.1) is 12.7 Å². The van der Waals surface area contributed by atoms with E-state index in [1.165, 1.54) is 0 Å². The van der Waals surface area contributed by atoms with E-state index >= 15 is 0 Å². The smallest absolute Gasteiger partial charge is 0.0931 e. The second kappa shape index (κ2) is 5.65. The van der Waals surface area contributed by atoms with Crippen molar-refractivity contribution in [2.45, 2.75) is 13.0 Å². The predicted molar refractivity (Wildman–Crippen MR) is 41.1 cm³/mol. The van der Waals surface area contributed by atoms with Crippen LogP contribution < -0.4 is 0 Å². The summed E-state index contributed by atoms with van der Waals surface area (Å²) in [6.45, 7) is 3.48. The zero-order valence-corrected chi connectivity index (χ0v) is 7.00. The molecule has 0 rings (SSSR count). The molecule has 0 fully saturated rings. The first kappa shape index (κ1) is 9.88. The van der Waals surface area contributed by atoms with E-state index in [0.29, 0.717) is 6.61 Å². The van der Waals surface area contributed by atoms with Crippen molar-refractivity contribution in [2.75, 3.05) is 33.9 Å². The van der Waals surface area contributed by atoms with E-state index in [9.17, 15) is 0 Å². The van der Waals surface area contributed by atoms with Gasteiger partial charge in [-0.1, -0.05) is 0 Å². The molecule has 0 aliphatic heterocycles. The Bertz CT molecular complexity index is 76.0. The van der Waals surface area contributed by atoms with Crippen LogP contribution in [-0.4, -0.2) is 50.0 Å². The van der Waals surface area contributed by atoms with Crippen molar-refractivity contribution in [3.05, 3.63) is 0 Å². The highest BCUT2D eigenvalue weighted by Crippen LogP contribution is 1.91. The van der Waals surface area contributed by atoms with Gasteiger partial charge in [0, 0.05) is 13.2 Å². The highest BCUT2D eigenvalue weighted by Gasteiger charge is 2.06. The maximum atomic E-state index is 8.75. The van der Waals surface area contributed by atoms with Gasteiger partial charge in [-0.15, -0.1) is 0 Å². The minimum absolute atomic E-state index is 0.0278. The number of aliphatic hydroxyl groups excluding tert-OH is 1. The van der Waals surface area contributed by atoms with Crippen molar-refractivity contribution in [3.8, 4) is 0 Å². The Kier molecular flexibility index (Phi) is 5.58. The molecule has 0 aromatic heterocycles. The molecule has 0 aromatic rings. The third kappa shape index (κ3) is 4.73. The number of nitrogens with zero attached hydrogens (tertiary/aromatic N) is 1. The number of likely N-dealkylation sites (N-methyl/N-ethyl adjacent to an activating group) is 1. The molecular weight excluding hydrogens is 130 g/mol. The minimum Gasteiger partial charge on any atom is -0.394 e. The normalized spacial score (nSPS) is 14.1. The minimum atomic E-state index is -0.0278. The lowest BCUT2D eigenvalue weighted by Gasteiger charge is -2.18. The number of aliphatic hydroxyl groups is 1. The van der Waals surface area contributed by atoms with Crippen LogP contribution in [0.15, 0.2) is 0 Å². The van der Waals surface area contributed by atoms with Crippen LogP contribution in [0.4, 0.5) is 0 Å². The summed E-state index contributed by atoms with van der Waals surface area (Å²) in [5.74, 6) is 0. The first-order chi connectivity index (χ1) is 4.70. The molecule has 0 heterocycles. The fourth-order valence-electron chi connectivity index (χ4n) is 0.806. The Morgan fingerprint density at radius 2 is 2.10 bits per heavy atom. The van der Waals surface area contributed by atoms with Crippen LogP contribution in [0.2, 0.25) is 0 Å². The Labute approximate surface area is 62.6 Å². The van der Waals surface area contributed by atoms with Gasteiger partial charge in [0.1, 0.15) is 0 Å². The Hall–Kier alpha value is -0.120. The molecule has 1 N–H and O–H groups in total. The van der Waals surface area contributed by atoms with Crippen molar-refractivity contribution in [1.29, 1.82) is 0 Å². The van der Waals surface area contributed by atoms with E-state index in [4.69, 9.17) is 9.84 Å². The largest absolute Gasteiger partial charge is 0.394 e. The van der Waals surface area contributed by atoms with E-state index in [-0.39, 0.29) is 12.7 Å². The fourth-order valence-corrected chi connectivity index (χ4v) is 0.806. The van der Waals surface area contributed by atoms with Gasteiger partial charge in [0.15, 0.2) is 0 Å².